The zero-order valence-corrected chi connectivity index (χ0v) is 19.8. The lowest BCUT2D eigenvalue weighted by atomic mass is 9.87. The number of rotatable bonds is 14. The van der Waals surface area contributed by atoms with Gasteiger partial charge < -0.3 is 5.11 Å². The van der Waals surface area contributed by atoms with Crippen LogP contribution >= 0.6 is 11.8 Å². The minimum Gasteiger partial charge on any atom is -0.478 e. The third-order valence-electron chi connectivity index (χ3n) is 5.77. The maximum Gasteiger partial charge on any atom is 0.335 e. The van der Waals surface area contributed by atoms with Gasteiger partial charge in [0.25, 0.3) is 0 Å². The molecule has 1 fully saturated rings. The molecule has 2 rings (SSSR count). The number of thioether (sulfide) groups is 1. The molecule has 1 aliphatic rings. The van der Waals surface area contributed by atoms with Crippen LogP contribution in [0.25, 0.3) is 0 Å². The van der Waals surface area contributed by atoms with Crippen LogP contribution < -0.4 is 0 Å². The molecule has 0 spiro atoms. The molecule has 29 heavy (non-hydrogen) atoms. The first kappa shape index (κ1) is 26.1. The van der Waals surface area contributed by atoms with Crippen LogP contribution in [-0.4, -0.2) is 22.6 Å². The molecule has 1 aromatic carbocycles. The van der Waals surface area contributed by atoms with Crippen molar-refractivity contribution >= 4 is 17.7 Å². The van der Waals surface area contributed by atoms with Gasteiger partial charge in [-0.2, -0.15) is 11.8 Å². The van der Waals surface area contributed by atoms with E-state index in [0.29, 0.717) is 11.5 Å². The van der Waals surface area contributed by atoms with E-state index in [1.54, 1.807) is 12.1 Å². The lowest BCUT2D eigenvalue weighted by Gasteiger charge is -2.18. The van der Waals surface area contributed by atoms with Crippen molar-refractivity contribution in [1.29, 1.82) is 0 Å². The van der Waals surface area contributed by atoms with Crippen molar-refractivity contribution in [3.05, 3.63) is 35.4 Å². The van der Waals surface area contributed by atoms with E-state index in [4.69, 9.17) is 5.11 Å². The predicted octanol–water partition coefficient (Wildman–Crippen LogP) is 8.70. The summed E-state index contributed by atoms with van der Waals surface area (Å²) in [5.74, 6) is 2.59. The fourth-order valence-electron chi connectivity index (χ4n) is 3.87. The summed E-state index contributed by atoms with van der Waals surface area (Å²) in [6, 6.07) is 7.59. The molecule has 1 heterocycles. The molecule has 2 nitrogen and oxygen atoms in total. The topological polar surface area (TPSA) is 37.3 Å². The Balaban J connectivity index is 0.000000726. The number of carboxylic acids is 1. The number of carbonyl (C=O) groups is 1. The molecule has 0 radical (unpaired) electrons. The number of aromatic carboxylic acids is 1. The van der Waals surface area contributed by atoms with Gasteiger partial charge in [-0.05, 0) is 60.8 Å². The van der Waals surface area contributed by atoms with Crippen molar-refractivity contribution in [3.63, 3.8) is 0 Å². The first-order valence-corrected chi connectivity index (χ1v) is 13.3. The number of hydrogen-bond donors (Lipinski definition) is 1. The molecule has 0 atom stereocenters. The van der Waals surface area contributed by atoms with E-state index in [-0.39, 0.29) is 0 Å². The summed E-state index contributed by atoms with van der Waals surface area (Å²) in [6.45, 7) is 4.51. The third kappa shape index (κ3) is 13.1. The molecule has 166 valence electrons. The van der Waals surface area contributed by atoms with Crippen LogP contribution in [0.15, 0.2) is 24.3 Å². The molecule has 3 heteroatoms. The van der Waals surface area contributed by atoms with Crippen molar-refractivity contribution in [2.75, 3.05) is 11.5 Å². The van der Waals surface area contributed by atoms with Gasteiger partial charge in [0.2, 0.25) is 0 Å². The standard InChI is InChI=1S/C22H36O2.C4H8S/c1-3-5-7-9-11-13-19(14-12-10-8-6-4-2)20-15-17-21(18-16-20)22(23)24;1-2-4-5-3-1/h15-19H,3-14H2,1-2H3,(H,23,24);1-4H2. The normalized spacial score (nSPS) is 13.3. The second-order valence-electron chi connectivity index (χ2n) is 8.35. The van der Waals surface area contributed by atoms with Crippen LogP contribution in [0.1, 0.15) is 126 Å². The van der Waals surface area contributed by atoms with Crippen molar-refractivity contribution in [2.24, 2.45) is 0 Å². The minimum atomic E-state index is -0.836. The highest BCUT2D eigenvalue weighted by Gasteiger charge is 2.12. The highest BCUT2D eigenvalue weighted by atomic mass is 32.2. The largest absolute Gasteiger partial charge is 0.478 e. The van der Waals surface area contributed by atoms with Crippen LogP contribution in [0.2, 0.25) is 0 Å². The third-order valence-corrected chi connectivity index (χ3v) is 6.92. The molecule has 0 amide bonds. The van der Waals surface area contributed by atoms with Gasteiger partial charge >= 0.3 is 5.97 Å². The van der Waals surface area contributed by atoms with E-state index in [2.05, 4.69) is 25.6 Å². The van der Waals surface area contributed by atoms with Crippen LogP contribution in [0.5, 0.6) is 0 Å². The molecule has 1 N–H and O–H groups in total. The van der Waals surface area contributed by atoms with E-state index < -0.39 is 5.97 Å². The maximum atomic E-state index is 11.0. The van der Waals surface area contributed by atoms with E-state index in [1.807, 2.05) is 12.1 Å². The lowest BCUT2D eigenvalue weighted by molar-refractivity contribution is 0.0697. The Morgan fingerprint density at radius 1 is 0.828 bits per heavy atom. The van der Waals surface area contributed by atoms with Crippen LogP contribution in [0.4, 0.5) is 0 Å². The number of hydrogen-bond acceptors (Lipinski definition) is 2. The SMILES string of the molecule is C1CCSC1.CCCCCCCC(CCCCCCC)c1ccc(C(=O)O)cc1. The first-order chi connectivity index (χ1) is 14.2. The summed E-state index contributed by atoms with van der Waals surface area (Å²) in [6.07, 6.45) is 18.6. The van der Waals surface area contributed by atoms with Gasteiger partial charge in [0.15, 0.2) is 0 Å². The smallest absolute Gasteiger partial charge is 0.335 e. The molecule has 0 saturated carbocycles. The van der Waals surface area contributed by atoms with Crippen molar-refractivity contribution < 1.29 is 9.90 Å². The Bertz CT molecular complexity index is 486. The molecule has 1 aliphatic heterocycles. The lowest BCUT2D eigenvalue weighted by Crippen LogP contribution is -2.02. The van der Waals surface area contributed by atoms with Gasteiger partial charge in [-0.3, -0.25) is 0 Å². The van der Waals surface area contributed by atoms with Crippen molar-refractivity contribution in [2.45, 2.75) is 110 Å². The second kappa shape index (κ2) is 17.9. The fourth-order valence-corrected chi connectivity index (χ4v) is 4.90. The average molecular weight is 421 g/mol. The van der Waals surface area contributed by atoms with Crippen molar-refractivity contribution in [3.8, 4) is 0 Å². The average Bonchev–Trinajstić information content (AvgIpc) is 3.32. The van der Waals surface area contributed by atoms with Crippen LogP contribution in [0, 0.1) is 0 Å². The summed E-state index contributed by atoms with van der Waals surface area (Å²) in [7, 11) is 0. The summed E-state index contributed by atoms with van der Waals surface area (Å²) in [4.78, 5) is 11.0. The van der Waals surface area contributed by atoms with E-state index in [0.717, 1.165) is 0 Å². The monoisotopic (exact) mass is 420 g/mol. The number of benzene rings is 1. The molecule has 0 bridgehead atoms. The zero-order valence-electron chi connectivity index (χ0n) is 19.0. The summed E-state index contributed by atoms with van der Waals surface area (Å²) in [5.41, 5.74) is 1.72. The minimum absolute atomic E-state index is 0.392. The van der Waals surface area contributed by atoms with E-state index in [9.17, 15) is 4.79 Å². The molecular weight excluding hydrogens is 376 g/mol. The van der Waals surface area contributed by atoms with Gasteiger partial charge in [-0.15, -0.1) is 0 Å². The van der Waals surface area contributed by atoms with Crippen LogP contribution in [-0.2, 0) is 0 Å². The summed E-state index contributed by atoms with van der Waals surface area (Å²) < 4.78 is 0. The van der Waals surface area contributed by atoms with Crippen LogP contribution in [0.3, 0.4) is 0 Å². The number of carboxylic acid groups (broad SMARTS) is 1. The zero-order chi connectivity index (χ0) is 21.2. The van der Waals surface area contributed by atoms with E-state index in [1.165, 1.54) is 107 Å². The molecule has 1 aromatic rings. The quantitative estimate of drug-likeness (QED) is 0.306. The second-order valence-corrected chi connectivity index (χ2v) is 9.57. The molecule has 1 saturated heterocycles. The Hall–Kier alpha value is -0.960. The Morgan fingerprint density at radius 3 is 1.69 bits per heavy atom. The Morgan fingerprint density at radius 2 is 1.31 bits per heavy atom. The Labute approximate surface area is 184 Å². The van der Waals surface area contributed by atoms with Crippen molar-refractivity contribution in [1.82, 2.24) is 0 Å². The highest BCUT2D eigenvalue weighted by molar-refractivity contribution is 7.99. The van der Waals surface area contributed by atoms with E-state index >= 15 is 0 Å². The van der Waals surface area contributed by atoms with Gasteiger partial charge in [-0.25, -0.2) is 4.79 Å². The maximum absolute atomic E-state index is 11.0. The van der Waals surface area contributed by atoms with Gasteiger partial charge in [0.05, 0.1) is 5.56 Å². The summed E-state index contributed by atoms with van der Waals surface area (Å²) >= 11 is 2.07. The van der Waals surface area contributed by atoms with Gasteiger partial charge in [0.1, 0.15) is 0 Å². The molecule has 0 aromatic heterocycles. The van der Waals surface area contributed by atoms with Gasteiger partial charge in [-0.1, -0.05) is 90.2 Å². The Kier molecular flexibility index (Phi) is 16.1. The predicted molar refractivity (Wildman–Crippen MR) is 129 cm³/mol. The highest BCUT2D eigenvalue weighted by Crippen LogP contribution is 2.29. The van der Waals surface area contributed by atoms with Gasteiger partial charge in [0, 0.05) is 0 Å². The molecule has 0 aliphatic carbocycles. The molecule has 0 unspecified atom stereocenters. The summed E-state index contributed by atoms with van der Waals surface area (Å²) in [5, 5.41) is 9.06. The fraction of sp³-hybridized carbons (Fsp3) is 0.731. The first-order valence-electron chi connectivity index (χ1n) is 12.1. The molecular formula is C26H44O2S. The number of unbranched alkanes of at least 4 members (excludes halogenated alkanes) is 8.